The van der Waals surface area contributed by atoms with Gasteiger partial charge in [0.15, 0.2) is 0 Å². The molecule has 2 aromatic rings. The van der Waals surface area contributed by atoms with Crippen LogP contribution in [0.5, 0.6) is 0 Å². The summed E-state index contributed by atoms with van der Waals surface area (Å²) in [5.41, 5.74) is 3.78. The molecule has 0 atom stereocenters. The fourth-order valence-electron chi connectivity index (χ4n) is 1.49. The predicted octanol–water partition coefficient (Wildman–Crippen LogP) is 4.10. The van der Waals surface area contributed by atoms with E-state index in [0.717, 1.165) is 0 Å². The van der Waals surface area contributed by atoms with Crippen LogP contribution in [0.1, 0.15) is 16.7 Å². The summed E-state index contributed by atoms with van der Waals surface area (Å²) >= 11 is 0. The average Bonchev–Trinajstić information content (AvgIpc) is 2.19. The lowest BCUT2D eigenvalue weighted by Gasteiger charge is -1.96. The van der Waals surface area contributed by atoms with Crippen LogP contribution in [0.3, 0.4) is 0 Å². The van der Waals surface area contributed by atoms with Crippen molar-refractivity contribution in [3.8, 4) is 0 Å². The van der Waals surface area contributed by atoms with Crippen molar-refractivity contribution in [2.75, 3.05) is 0 Å². The van der Waals surface area contributed by atoms with Crippen molar-refractivity contribution in [2.45, 2.75) is 20.8 Å². The van der Waals surface area contributed by atoms with Crippen LogP contribution >= 0.6 is 0 Å². The van der Waals surface area contributed by atoms with E-state index < -0.39 is 0 Å². The summed E-state index contributed by atoms with van der Waals surface area (Å²) in [6.07, 6.45) is 0. The normalized spacial score (nSPS) is 9.00. The molecule has 0 fully saturated rings. The van der Waals surface area contributed by atoms with Crippen LogP contribution in [-0.2, 0) is 0 Å². The maximum absolute atomic E-state index is 3.21. The molecule has 0 aliphatic carbocycles. The molecule has 2 aromatic carbocycles. The van der Waals surface area contributed by atoms with E-state index in [1.54, 1.807) is 0 Å². The highest BCUT2D eigenvalue weighted by atomic mass is 13.9. The van der Waals surface area contributed by atoms with Crippen LogP contribution in [0.15, 0.2) is 48.5 Å². The first-order chi connectivity index (χ1) is 7.18. The summed E-state index contributed by atoms with van der Waals surface area (Å²) in [6, 6.07) is 19.5. The number of hydrogen-bond acceptors (Lipinski definition) is 0. The Hall–Kier alpha value is -1.56. The third kappa shape index (κ3) is 5.02. The Morgan fingerprint density at radius 2 is 1.00 bits per heavy atom. The number of benzene rings is 2. The first-order valence-electron chi connectivity index (χ1n) is 5.15. The molecule has 0 saturated heterocycles. The molecule has 0 heterocycles. The Morgan fingerprint density at radius 1 is 0.667 bits per heavy atom. The Labute approximate surface area is 92.6 Å². The molecule has 15 heavy (non-hydrogen) atoms. The first-order valence-corrected chi connectivity index (χ1v) is 5.15. The van der Waals surface area contributed by atoms with Crippen molar-refractivity contribution in [1.29, 1.82) is 0 Å². The molecule has 0 bridgehead atoms. The van der Waals surface area contributed by atoms with E-state index >= 15 is 0 Å². The second kappa shape index (κ2) is 6.02. The summed E-state index contributed by atoms with van der Waals surface area (Å²) in [5, 5.41) is 0. The molecule has 0 heteroatoms. The lowest BCUT2D eigenvalue weighted by atomic mass is 10.1. The molecule has 0 spiro atoms. The first kappa shape index (κ1) is 11.5. The molecular weight excluding hydrogens is 180 g/mol. The van der Waals surface area contributed by atoms with Crippen LogP contribution in [0.2, 0.25) is 0 Å². The summed E-state index contributed by atoms with van der Waals surface area (Å²) in [6.45, 7) is 6.24. The van der Waals surface area contributed by atoms with E-state index in [9.17, 15) is 0 Å². The molecule has 0 saturated carbocycles. The summed E-state index contributed by atoms with van der Waals surface area (Å²) in [7, 11) is 0. The molecule has 0 unspecified atom stereocenters. The molecule has 0 N–H and O–H groups in total. The Bertz CT molecular complexity index is 311. The van der Waals surface area contributed by atoms with Gasteiger partial charge in [-0.15, -0.1) is 0 Å². The van der Waals surface area contributed by atoms with Crippen LogP contribution in [-0.4, -0.2) is 0 Å². The molecule has 77 valence electrons. The largest absolute Gasteiger partial charge is 0.0623 e. The third-order valence-corrected chi connectivity index (χ3v) is 1.95. The zero-order chi connectivity index (χ0) is 11.1. The smallest absolute Gasteiger partial charge is 0.0120 e. The minimum Gasteiger partial charge on any atom is -0.0623 e. The van der Waals surface area contributed by atoms with Crippen molar-refractivity contribution in [1.82, 2.24) is 0 Å². The highest BCUT2D eigenvalue weighted by Gasteiger charge is 1.88. The van der Waals surface area contributed by atoms with Crippen molar-refractivity contribution >= 4 is 0 Å². The molecule has 0 aromatic heterocycles. The minimum absolute atomic E-state index is 1.23. The van der Waals surface area contributed by atoms with Gasteiger partial charge < -0.3 is 0 Å². The SMILES string of the molecule is Cc1[c]c(C)cc(C)c1.c1ccccc1. The van der Waals surface area contributed by atoms with Gasteiger partial charge in [0, 0.05) is 0 Å². The fraction of sp³-hybridized carbons (Fsp3) is 0.200. The van der Waals surface area contributed by atoms with Gasteiger partial charge in [0.1, 0.15) is 0 Å². The maximum atomic E-state index is 3.21. The molecule has 1 radical (unpaired) electrons. The molecule has 0 aliphatic rings. The molecule has 0 nitrogen and oxygen atoms in total. The van der Waals surface area contributed by atoms with Gasteiger partial charge in [0.2, 0.25) is 0 Å². The minimum atomic E-state index is 1.23. The fourth-order valence-corrected chi connectivity index (χ4v) is 1.49. The highest BCUT2D eigenvalue weighted by Crippen LogP contribution is 2.05. The zero-order valence-electron chi connectivity index (χ0n) is 9.62. The Kier molecular flexibility index (Phi) is 4.62. The van der Waals surface area contributed by atoms with E-state index in [2.05, 4.69) is 39.0 Å². The Balaban J connectivity index is 0.000000162. The molecule has 0 aliphatic heterocycles. The Morgan fingerprint density at radius 3 is 1.27 bits per heavy atom. The number of aryl methyl sites for hydroxylation is 3. The summed E-state index contributed by atoms with van der Waals surface area (Å²) in [4.78, 5) is 0. The van der Waals surface area contributed by atoms with Gasteiger partial charge in [-0.1, -0.05) is 54.1 Å². The predicted molar refractivity (Wildman–Crippen MR) is 65.9 cm³/mol. The van der Waals surface area contributed by atoms with Gasteiger partial charge in [0.05, 0.1) is 0 Å². The van der Waals surface area contributed by atoms with Crippen LogP contribution < -0.4 is 0 Å². The standard InChI is InChI=1S/C9H11.C6H6/c1-7-4-8(2)6-9(3)5-7;1-2-4-6-5-3-1/h4-5H,1-3H3;1-6H. The third-order valence-electron chi connectivity index (χ3n) is 1.95. The van der Waals surface area contributed by atoms with Crippen molar-refractivity contribution in [2.24, 2.45) is 0 Å². The zero-order valence-corrected chi connectivity index (χ0v) is 9.62. The lowest BCUT2D eigenvalue weighted by Crippen LogP contribution is -1.79. The van der Waals surface area contributed by atoms with Crippen molar-refractivity contribution in [3.05, 3.63) is 71.3 Å². The van der Waals surface area contributed by atoms with Crippen LogP contribution in [0.4, 0.5) is 0 Å². The topological polar surface area (TPSA) is 0 Å². The van der Waals surface area contributed by atoms with E-state index in [1.165, 1.54) is 16.7 Å². The number of hydrogen-bond donors (Lipinski definition) is 0. The van der Waals surface area contributed by atoms with Gasteiger partial charge in [0.25, 0.3) is 0 Å². The van der Waals surface area contributed by atoms with Crippen molar-refractivity contribution < 1.29 is 0 Å². The number of rotatable bonds is 0. The van der Waals surface area contributed by atoms with E-state index in [1.807, 2.05) is 36.4 Å². The second-order valence-electron chi connectivity index (χ2n) is 3.68. The van der Waals surface area contributed by atoms with Gasteiger partial charge in [-0.25, -0.2) is 0 Å². The molecule has 2 rings (SSSR count). The maximum Gasteiger partial charge on any atom is -0.0120 e. The lowest BCUT2D eigenvalue weighted by molar-refractivity contribution is 1.31. The van der Waals surface area contributed by atoms with Crippen LogP contribution in [0.25, 0.3) is 0 Å². The highest BCUT2D eigenvalue weighted by molar-refractivity contribution is 5.25. The molecule has 0 amide bonds. The van der Waals surface area contributed by atoms with E-state index in [-0.39, 0.29) is 0 Å². The van der Waals surface area contributed by atoms with Gasteiger partial charge in [-0.2, -0.15) is 0 Å². The quantitative estimate of drug-likeness (QED) is 0.596. The van der Waals surface area contributed by atoms with Crippen molar-refractivity contribution in [3.63, 3.8) is 0 Å². The summed E-state index contributed by atoms with van der Waals surface area (Å²) in [5.74, 6) is 0. The van der Waals surface area contributed by atoms with E-state index in [0.29, 0.717) is 0 Å². The second-order valence-corrected chi connectivity index (χ2v) is 3.68. The van der Waals surface area contributed by atoms with Gasteiger partial charge in [-0.05, 0) is 38.0 Å². The van der Waals surface area contributed by atoms with Crippen LogP contribution in [0, 0.1) is 26.8 Å². The summed E-state index contributed by atoms with van der Waals surface area (Å²) < 4.78 is 0. The van der Waals surface area contributed by atoms with Gasteiger partial charge in [-0.3, -0.25) is 0 Å². The van der Waals surface area contributed by atoms with Gasteiger partial charge >= 0.3 is 0 Å². The van der Waals surface area contributed by atoms with E-state index in [4.69, 9.17) is 0 Å². The molecular formula is C15H17. The average molecular weight is 197 g/mol. The monoisotopic (exact) mass is 197 g/mol.